The summed E-state index contributed by atoms with van der Waals surface area (Å²) in [6.45, 7) is 5.89. The van der Waals surface area contributed by atoms with Gasteiger partial charge in [0, 0.05) is 0 Å². The van der Waals surface area contributed by atoms with Gasteiger partial charge in [-0.25, -0.2) is 0 Å². The van der Waals surface area contributed by atoms with E-state index >= 15 is 0 Å². The van der Waals surface area contributed by atoms with E-state index < -0.39 is 0 Å². The van der Waals surface area contributed by atoms with Crippen LogP contribution in [0, 0.1) is 17.8 Å². The lowest BCUT2D eigenvalue weighted by molar-refractivity contribution is -0.167. The number of esters is 1. The minimum absolute atomic E-state index is 0.0712. The zero-order valence-corrected chi connectivity index (χ0v) is 10.8. The molecule has 0 atom stereocenters. The number of hydrogen-bond donors (Lipinski definition) is 0. The van der Waals surface area contributed by atoms with Gasteiger partial charge in [-0.05, 0) is 58.3 Å². The smallest absolute Gasteiger partial charge is 0.310 e. The Morgan fingerprint density at radius 1 is 1.00 bits per heavy atom. The quantitative estimate of drug-likeness (QED) is 0.637. The van der Waals surface area contributed by atoms with Crippen LogP contribution in [0.1, 0.15) is 59.3 Å². The van der Waals surface area contributed by atoms with Crippen LogP contribution in [0.2, 0.25) is 0 Å². The van der Waals surface area contributed by atoms with E-state index in [1.54, 1.807) is 0 Å². The van der Waals surface area contributed by atoms with Gasteiger partial charge in [0.1, 0.15) is 5.60 Å². The van der Waals surface area contributed by atoms with E-state index in [4.69, 9.17) is 4.74 Å². The van der Waals surface area contributed by atoms with Crippen molar-refractivity contribution in [3.8, 4) is 0 Å². The molecule has 0 aliphatic heterocycles. The lowest BCUT2D eigenvalue weighted by Crippen LogP contribution is -2.41. The van der Waals surface area contributed by atoms with E-state index in [-0.39, 0.29) is 17.5 Å². The summed E-state index contributed by atoms with van der Waals surface area (Å²) < 4.78 is 5.57. The second kappa shape index (κ2) is 4.38. The number of carbonyl (C=O) groups excluding carboxylic acids is 1. The Morgan fingerprint density at radius 2 is 1.44 bits per heavy atom. The molecule has 2 fully saturated rings. The Morgan fingerprint density at radius 3 is 1.81 bits per heavy atom. The zero-order chi connectivity index (χ0) is 11.8. The van der Waals surface area contributed by atoms with Crippen LogP contribution in [0.5, 0.6) is 0 Å². The van der Waals surface area contributed by atoms with Crippen LogP contribution in [0.3, 0.4) is 0 Å². The highest BCUT2D eigenvalue weighted by atomic mass is 16.6. The van der Waals surface area contributed by atoms with Gasteiger partial charge in [0.25, 0.3) is 0 Å². The van der Waals surface area contributed by atoms with Crippen molar-refractivity contribution in [2.24, 2.45) is 17.8 Å². The third-order valence-corrected chi connectivity index (χ3v) is 3.99. The average Bonchev–Trinajstić information content (AvgIpc) is 2.13. The Kier molecular flexibility index (Phi) is 3.27. The molecule has 16 heavy (non-hydrogen) atoms. The molecule has 0 heterocycles. The summed E-state index contributed by atoms with van der Waals surface area (Å²) >= 11 is 0. The molecular formula is C14H24O2. The molecule has 0 amide bonds. The largest absolute Gasteiger partial charge is 0.460 e. The third kappa shape index (κ3) is 2.58. The predicted octanol–water partition coefficient (Wildman–Crippen LogP) is 3.54. The first-order chi connectivity index (χ1) is 7.47. The normalized spacial score (nSPS) is 34.6. The maximum atomic E-state index is 12.2. The molecule has 0 aromatic carbocycles. The van der Waals surface area contributed by atoms with Crippen molar-refractivity contribution in [3.63, 3.8) is 0 Å². The molecule has 2 aliphatic rings. The molecule has 2 heteroatoms. The van der Waals surface area contributed by atoms with Crippen molar-refractivity contribution in [3.05, 3.63) is 0 Å². The fourth-order valence-corrected chi connectivity index (χ4v) is 3.43. The maximum Gasteiger partial charge on any atom is 0.310 e. The van der Waals surface area contributed by atoms with Crippen LogP contribution in [0.25, 0.3) is 0 Å². The number of fused-ring (bicyclic) bond motifs is 2. The van der Waals surface area contributed by atoms with Gasteiger partial charge >= 0.3 is 5.97 Å². The fourth-order valence-electron chi connectivity index (χ4n) is 3.43. The van der Waals surface area contributed by atoms with E-state index in [0.717, 1.165) is 0 Å². The molecule has 0 unspecified atom stereocenters. The molecule has 0 aromatic heterocycles. The lowest BCUT2D eigenvalue weighted by Gasteiger charge is -2.41. The average molecular weight is 224 g/mol. The van der Waals surface area contributed by atoms with Gasteiger partial charge in [0.05, 0.1) is 5.92 Å². The van der Waals surface area contributed by atoms with Gasteiger partial charge in [-0.15, -0.1) is 0 Å². The summed E-state index contributed by atoms with van der Waals surface area (Å²) in [4.78, 5) is 12.2. The maximum absolute atomic E-state index is 12.2. The molecule has 2 nitrogen and oxygen atoms in total. The van der Waals surface area contributed by atoms with E-state index in [1.165, 1.54) is 38.5 Å². The Balaban J connectivity index is 2.04. The van der Waals surface area contributed by atoms with Crippen molar-refractivity contribution < 1.29 is 9.53 Å². The highest BCUT2D eigenvalue weighted by Crippen LogP contribution is 2.45. The molecule has 2 rings (SSSR count). The molecular weight excluding hydrogens is 200 g/mol. The summed E-state index contributed by atoms with van der Waals surface area (Å²) in [7, 11) is 0. The molecule has 0 radical (unpaired) electrons. The number of ether oxygens (including phenoxy) is 1. The van der Waals surface area contributed by atoms with Crippen molar-refractivity contribution in [2.75, 3.05) is 0 Å². The summed E-state index contributed by atoms with van der Waals surface area (Å²) in [5, 5.41) is 0. The zero-order valence-electron chi connectivity index (χ0n) is 10.8. The van der Waals surface area contributed by atoms with Gasteiger partial charge < -0.3 is 4.74 Å². The van der Waals surface area contributed by atoms with Gasteiger partial charge in [-0.1, -0.05) is 12.8 Å². The van der Waals surface area contributed by atoms with Crippen LogP contribution in [-0.4, -0.2) is 11.6 Å². The minimum atomic E-state index is -0.331. The molecule has 0 N–H and O–H groups in total. The highest BCUT2D eigenvalue weighted by Gasteiger charge is 2.42. The lowest BCUT2D eigenvalue weighted by atomic mass is 9.64. The molecule has 0 saturated heterocycles. The van der Waals surface area contributed by atoms with Crippen LogP contribution < -0.4 is 0 Å². The standard InChI is InChI=1S/C14H24O2/c1-14(2,3)16-13(15)12-10-6-4-7-11(12)9-5-8-10/h10-12H,4-9H2,1-3H3. The molecule has 2 saturated carbocycles. The fraction of sp³-hybridized carbons (Fsp3) is 0.929. The first kappa shape index (κ1) is 11.9. The van der Waals surface area contributed by atoms with E-state index in [9.17, 15) is 4.79 Å². The van der Waals surface area contributed by atoms with Gasteiger partial charge in [0.15, 0.2) is 0 Å². The number of carbonyl (C=O) groups is 1. The molecule has 0 aromatic rings. The van der Waals surface area contributed by atoms with E-state index in [2.05, 4.69) is 0 Å². The first-order valence-corrected chi connectivity index (χ1v) is 6.70. The van der Waals surface area contributed by atoms with Crippen molar-refractivity contribution in [1.29, 1.82) is 0 Å². The minimum Gasteiger partial charge on any atom is -0.460 e. The summed E-state index contributed by atoms with van der Waals surface area (Å²) in [5.41, 5.74) is -0.331. The summed E-state index contributed by atoms with van der Waals surface area (Å²) in [6, 6.07) is 0. The second-order valence-electron chi connectivity index (χ2n) is 6.44. The van der Waals surface area contributed by atoms with Crippen LogP contribution in [0.4, 0.5) is 0 Å². The van der Waals surface area contributed by atoms with Crippen LogP contribution >= 0.6 is 0 Å². The van der Waals surface area contributed by atoms with Crippen molar-refractivity contribution in [1.82, 2.24) is 0 Å². The molecule has 2 bridgehead atoms. The summed E-state index contributed by atoms with van der Waals surface area (Å²) in [6.07, 6.45) is 7.57. The van der Waals surface area contributed by atoms with Gasteiger partial charge in [-0.2, -0.15) is 0 Å². The predicted molar refractivity (Wildman–Crippen MR) is 64.0 cm³/mol. The number of hydrogen-bond acceptors (Lipinski definition) is 2. The Labute approximate surface area is 98.7 Å². The van der Waals surface area contributed by atoms with Crippen LogP contribution in [0.15, 0.2) is 0 Å². The number of rotatable bonds is 1. The van der Waals surface area contributed by atoms with Crippen LogP contribution in [-0.2, 0) is 9.53 Å². The Bertz CT molecular complexity index is 242. The third-order valence-electron chi connectivity index (χ3n) is 3.99. The molecule has 2 aliphatic carbocycles. The summed E-state index contributed by atoms with van der Waals surface area (Å²) in [5.74, 6) is 1.51. The molecule has 0 spiro atoms. The van der Waals surface area contributed by atoms with E-state index in [1.807, 2.05) is 20.8 Å². The molecule has 92 valence electrons. The highest BCUT2D eigenvalue weighted by molar-refractivity contribution is 5.74. The SMILES string of the molecule is CC(C)(C)OC(=O)C1C2CCCC1CCC2. The second-order valence-corrected chi connectivity index (χ2v) is 6.44. The van der Waals surface area contributed by atoms with Gasteiger partial charge in [-0.3, -0.25) is 4.79 Å². The van der Waals surface area contributed by atoms with Crippen molar-refractivity contribution >= 4 is 5.97 Å². The van der Waals surface area contributed by atoms with Gasteiger partial charge in [0.2, 0.25) is 0 Å². The topological polar surface area (TPSA) is 26.3 Å². The van der Waals surface area contributed by atoms with Crippen molar-refractivity contribution in [2.45, 2.75) is 64.9 Å². The Hall–Kier alpha value is -0.530. The van der Waals surface area contributed by atoms with E-state index in [0.29, 0.717) is 11.8 Å². The monoisotopic (exact) mass is 224 g/mol. The first-order valence-electron chi connectivity index (χ1n) is 6.70.